The highest BCUT2D eigenvalue weighted by atomic mass is 79.9. The first-order chi connectivity index (χ1) is 9.25. The molecule has 1 aromatic rings. The number of primary amides is 1. The van der Waals surface area contributed by atoms with Crippen LogP contribution in [0.5, 0.6) is 0 Å². The third kappa shape index (κ3) is 4.82. The standard InChI is InChI=1S/C16H25BrN2O/c1-11(2)9-16(15(18)20,10-12(3)4)19-14-7-5-6-13(17)8-14/h5-8,11-12,19H,9-10H2,1-4H3,(H2,18,20). The number of halogens is 1. The van der Waals surface area contributed by atoms with Crippen molar-refractivity contribution in [1.29, 1.82) is 0 Å². The predicted octanol–water partition coefficient (Wildman–Crippen LogP) is 4.18. The molecule has 0 aliphatic heterocycles. The van der Waals surface area contributed by atoms with E-state index in [-0.39, 0.29) is 5.91 Å². The first kappa shape index (κ1) is 17.0. The van der Waals surface area contributed by atoms with Crippen LogP contribution < -0.4 is 11.1 Å². The Morgan fingerprint density at radius 2 is 1.80 bits per heavy atom. The van der Waals surface area contributed by atoms with Crippen LogP contribution in [0.15, 0.2) is 28.7 Å². The van der Waals surface area contributed by atoms with Crippen LogP contribution in [0.3, 0.4) is 0 Å². The van der Waals surface area contributed by atoms with Gasteiger partial charge in [0.05, 0.1) is 0 Å². The van der Waals surface area contributed by atoms with E-state index in [4.69, 9.17) is 5.73 Å². The van der Waals surface area contributed by atoms with Gasteiger partial charge >= 0.3 is 0 Å². The summed E-state index contributed by atoms with van der Waals surface area (Å²) in [5, 5.41) is 3.39. The van der Waals surface area contributed by atoms with Gasteiger partial charge in [-0.15, -0.1) is 0 Å². The molecule has 4 heteroatoms. The summed E-state index contributed by atoms with van der Waals surface area (Å²) in [5.74, 6) is 0.502. The van der Waals surface area contributed by atoms with Crippen LogP contribution in [0.25, 0.3) is 0 Å². The van der Waals surface area contributed by atoms with Gasteiger partial charge in [0.25, 0.3) is 0 Å². The van der Waals surface area contributed by atoms with Gasteiger partial charge in [0.2, 0.25) is 5.91 Å². The van der Waals surface area contributed by atoms with E-state index in [1.54, 1.807) is 0 Å². The molecule has 0 heterocycles. The Kier molecular flexibility index (Phi) is 6.06. The predicted molar refractivity (Wildman–Crippen MR) is 88.6 cm³/mol. The number of amides is 1. The number of anilines is 1. The minimum Gasteiger partial charge on any atom is -0.371 e. The average molecular weight is 341 g/mol. The van der Waals surface area contributed by atoms with Crippen LogP contribution >= 0.6 is 15.9 Å². The Morgan fingerprint density at radius 1 is 1.25 bits per heavy atom. The summed E-state index contributed by atoms with van der Waals surface area (Å²) in [5.41, 5.74) is 5.97. The normalized spacial score (nSPS) is 11.9. The lowest BCUT2D eigenvalue weighted by Crippen LogP contribution is -2.52. The zero-order valence-electron chi connectivity index (χ0n) is 12.7. The third-order valence-electron chi connectivity index (χ3n) is 3.19. The van der Waals surface area contributed by atoms with E-state index in [1.807, 2.05) is 24.3 Å². The smallest absolute Gasteiger partial charge is 0.243 e. The van der Waals surface area contributed by atoms with E-state index in [1.165, 1.54) is 0 Å². The van der Waals surface area contributed by atoms with Crippen molar-refractivity contribution >= 4 is 27.5 Å². The Hall–Kier alpha value is -1.03. The van der Waals surface area contributed by atoms with Crippen molar-refractivity contribution in [3.63, 3.8) is 0 Å². The second-order valence-corrected chi connectivity index (χ2v) is 7.19. The summed E-state index contributed by atoms with van der Waals surface area (Å²) in [6.07, 6.45) is 1.46. The number of benzene rings is 1. The van der Waals surface area contributed by atoms with Gasteiger partial charge in [0.1, 0.15) is 5.54 Å². The number of hydrogen-bond acceptors (Lipinski definition) is 2. The maximum absolute atomic E-state index is 12.1. The largest absolute Gasteiger partial charge is 0.371 e. The second kappa shape index (κ2) is 7.11. The molecule has 0 atom stereocenters. The molecule has 3 nitrogen and oxygen atoms in total. The maximum atomic E-state index is 12.1. The lowest BCUT2D eigenvalue weighted by Gasteiger charge is -2.36. The van der Waals surface area contributed by atoms with Crippen LogP contribution in [-0.2, 0) is 4.79 Å². The van der Waals surface area contributed by atoms with E-state index >= 15 is 0 Å². The Balaban J connectivity index is 3.10. The van der Waals surface area contributed by atoms with Crippen LogP contribution in [0.2, 0.25) is 0 Å². The highest BCUT2D eigenvalue weighted by Crippen LogP contribution is 2.30. The maximum Gasteiger partial charge on any atom is 0.243 e. The van der Waals surface area contributed by atoms with Gasteiger partial charge in [-0.05, 0) is 42.9 Å². The summed E-state index contributed by atoms with van der Waals surface area (Å²) >= 11 is 3.45. The van der Waals surface area contributed by atoms with Crippen LogP contribution in [0.1, 0.15) is 40.5 Å². The third-order valence-corrected chi connectivity index (χ3v) is 3.69. The number of nitrogens with two attached hydrogens (primary N) is 1. The molecule has 1 aromatic carbocycles. The first-order valence-corrected chi connectivity index (χ1v) is 7.88. The van der Waals surface area contributed by atoms with Gasteiger partial charge in [0, 0.05) is 10.2 Å². The van der Waals surface area contributed by atoms with E-state index in [9.17, 15) is 4.79 Å². The minimum atomic E-state index is -0.691. The molecule has 20 heavy (non-hydrogen) atoms. The van der Waals surface area contributed by atoms with Crippen molar-refractivity contribution < 1.29 is 4.79 Å². The summed E-state index contributed by atoms with van der Waals surface area (Å²) in [6, 6.07) is 7.84. The number of carbonyl (C=O) groups excluding carboxylic acids is 1. The zero-order chi connectivity index (χ0) is 15.3. The van der Waals surface area contributed by atoms with Crippen molar-refractivity contribution in [2.24, 2.45) is 17.6 Å². The number of hydrogen-bond donors (Lipinski definition) is 2. The summed E-state index contributed by atoms with van der Waals surface area (Å²) < 4.78 is 0.981. The molecule has 0 radical (unpaired) electrons. The molecule has 0 aromatic heterocycles. The SMILES string of the molecule is CC(C)CC(CC(C)C)(Nc1cccc(Br)c1)C(N)=O. The van der Waals surface area contributed by atoms with Gasteiger partial charge < -0.3 is 11.1 Å². The Bertz CT molecular complexity index is 448. The van der Waals surface area contributed by atoms with Crippen molar-refractivity contribution in [2.45, 2.75) is 46.1 Å². The van der Waals surface area contributed by atoms with Gasteiger partial charge in [-0.1, -0.05) is 49.7 Å². The quantitative estimate of drug-likeness (QED) is 0.782. The van der Waals surface area contributed by atoms with Gasteiger partial charge in [-0.3, -0.25) is 4.79 Å². The molecule has 0 saturated carbocycles. The Labute approximate surface area is 130 Å². The second-order valence-electron chi connectivity index (χ2n) is 6.28. The van der Waals surface area contributed by atoms with Crippen molar-refractivity contribution in [1.82, 2.24) is 0 Å². The summed E-state index contributed by atoms with van der Waals surface area (Å²) in [7, 11) is 0. The minimum absolute atomic E-state index is 0.278. The van der Waals surface area contributed by atoms with E-state index in [0.29, 0.717) is 11.8 Å². The highest BCUT2D eigenvalue weighted by molar-refractivity contribution is 9.10. The van der Waals surface area contributed by atoms with Crippen molar-refractivity contribution in [3.8, 4) is 0 Å². The fourth-order valence-electron chi connectivity index (χ4n) is 2.68. The fourth-order valence-corrected chi connectivity index (χ4v) is 3.08. The molecule has 0 aliphatic rings. The zero-order valence-corrected chi connectivity index (χ0v) is 14.3. The summed E-state index contributed by atoms with van der Waals surface area (Å²) in [4.78, 5) is 12.1. The van der Waals surface area contributed by atoms with Crippen molar-refractivity contribution in [2.75, 3.05) is 5.32 Å². The molecule has 1 amide bonds. The molecule has 0 bridgehead atoms. The lowest BCUT2D eigenvalue weighted by molar-refractivity contribution is -0.123. The Morgan fingerprint density at radius 3 is 2.20 bits per heavy atom. The van der Waals surface area contributed by atoms with E-state index in [0.717, 1.165) is 23.0 Å². The first-order valence-electron chi connectivity index (χ1n) is 7.09. The molecular weight excluding hydrogens is 316 g/mol. The number of nitrogens with one attached hydrogen (secondary N) is 1. The fraction of sp³-hybridized carbons (Fsp3) is 0.562. The van der Waals surface area contributed by atoms with Crippen LogP contribution in [0, 0.1) is 11.8 Å². The molecule has 0 aliphatic carbocycles. The number of rotatable bonds is 7. The van der Waals surface area contributed by atoms with Crippen LogP contribution in [0.4, 0.5) is 5.69 Å². The number of carbonyl (C=O) groups is 1. The molecular formula is C16H25BrN2O. The summed E-state index contributed by atoms with van der Waals surface area (Å²) in [6.45, 7) is 8.45. The molecule has 0 spiro atoms. The van der Waals surface area contributed by atoms with E-state index < -0.39 is 5.54 Å². The van der Waals surface area contributed by atoms with Gasteiger partial charge in [-0.25, -0.2) is 0 Å². The molecule has 1 rings (SSSR count). The van der Waals surface area contributed by atoms with Gasteiger partial charge in [-0.2, -0.15) is 0 Å². The molecule has 0 saturated heterocycles. The average Bonchev–Trinajstić information content (AvgIpc) is 2.26. The lowest BCUT2D eigenvalue weighted by atomic mass is 9.81. The topological polar surface area (TPSA) is 55.1 Å². The molecule has 3 N–H and O–H groups in total. The highest BCUT2D eigenvalue weighted by Gasteiger charge is 2.37. The van der Waals surface area contributed by atoms with Crippen molar-refractivity contribution in [3.05, 3.63) is 28.7 Å². The van der Waals surface area contributed by atoms with Gasteiger partial charge in [0.15, 0.2) is 0 Å². The van der Waals surface area contributed by atoms with E-state index in [2.05, 4.69) is 48.9 Å². The molecule has 0 fully saturated rings. The molecule has 112 valence electrons. The van der Waals surface area contributed by atoms with Crippen LogP contribution in [-0.4, -0.2) is 11.4 Å². The molecule has 0 unspecified atom stereocenters. The monoisotopic (exact) mass is 340 g/mol.